The standard InChI is InChI=1S/C32H36F3N7O2/c1-5-20-13-22(14-23-17-36-31(40-30(20)23)38-25-9-7-24(8-10-25)37-19(3)43)27-16-28(41-42(27)4)39-29(44)15-21-12-18(2)6-11-26(21)32(33,34)35/h6,11-14,16-17,24-25H,5,7-10,15H2,1-4H3,(H,37,43)(H,36,38,40)(H,39,41,44). The maximum absolute atomic E-state index is 13.5. The Morgan fingerprint density at radius 3 is 2.43 bits per heavy atom. The lowest BCUT2D eigenvalue weighted by molar-refractivity contribution is -0.138. The van der Waals surface area contributed by atoms with Gasteiger partial charge in [-0.25, -0.2) is 9.97 Å². The lowest BCUT2D eigenvalue weighted by Gasteiger charge is -2.29. The third-order valence-electron chi connectivity index (χ3n) is 7.97. The Hall–Kier alpha value is -4.48. The highest BCUT2D eigenvalue weighted by Gasteiger charge is 2.33. The molecule has 2 amide bonds. The van der Waals surface area contributed by atoms with Crippen molar-refractivity contribution in [3.63, 3.8) is 0 Å². The van der Waals surface area contributed by atoms with Crippen LogP contribution < -0.4 is 16.0 Å². The van der Waals surface area contributed by atoms with Crippen molar-refractivity contribution < 1.29 is 22.8 Å². The Morgan fingerprint density at radius 2 is 1.75 bits per heavy atom. The van der Waals surface area contributed by atoms with E-state index in [-0.39, 0.29) is 29.4 Å². The summed E-state index contributed by atoms with van der Waals surface area (Å²) in [6.45, 7) is 5.28. The summed E-state index contributed by atoms with van der Waals surface area (Å²) in [5.74, 6) is 0.223. The average molecular weight is 608 g/mol. The van der Waals surface area contributed by atoms with Crippen LogP contribution in [0.4, 0.5) is 24.9 Å². The molecule has 5 rings (SSSR count). The van der Waals surface area contributed by atoms with Crippen LogP contribution in [0, 0.1) is 6.92 Å². The number of benzene rings is 2. The molecule has 2 aromatic carbocycles. The first-order chi connectivity index (χ1) is 20.9. The average Bonchev–Trinajstić information content (AvgIpc) is 3.32. The van der Waals surface area contributed by atoms with Crippen molar-refractivity contribution in [2.45, 2.75) is 77.6 Å². The molecule has 1 saturated carbocycles. The Kier molecular flexibility index (Phi) is 8.89. The molecule has 0 atom stereocenters. The van der Waals surface area contributed by atoms with E-state index >= 15 is 0 Å². The maximum atomic E-state index is 13.5. The van der Waals surface area contributed by atoms with Crippen LogP contribution in [-0.2, 0) is 35.7 Å². The molecule has 0 saturated heterocycles. The number of fused-ring (bicyclic) bond motifs is 1. The van der Waals surface area contributed by atoms with Crippen LogP contribution in [0.2, 0.25) is 0 Å². The number of aromatic nitrogens is 4. The molecular formula is C32H36F3N7O2. The van der Waals surface area contributed by atoms with Gasteiger partial charge in [0.1, 0.15) is 0 Å². The first-order valence-electron chi connectivity index (χ1n) is 14.7. The van der Waals surface area contributed by atoms with Crippen molar-refractivity contribution in [1.29, 1.82) is 0 Å². The minimum Gasteiger partial charge on any atom is -0.354 e. The highest BCUT2D eigenvalue weighted by Crippen LogP contribution is 2.33. The Labute approximate surface area is 253 Å². The molecule has 1 aliphatic rings. The van der Waals surface area contributed by atoms with Gasteiger partial charge in [-0.3, -0.25) is 14.3 Å². The summed E-state index contributed by atoms with van der Waals surface area (Å²) in [5.41, 5.74) is 3.17. The Bertz CT molecular complexity index is 1690. The molecule has 0 bridgehead atoms. The third kappa shape index (κ3) is 7.17. The zero-order valence-electron chi connectivity index (χ0n) is 25.2. The number of nitrogens with zero attached hydrogens (tertiary/aromatic N) is 4. The van der Waals surface area contributed by atoms with E-state index in [0.29, 0.717) is 11.5 Å². The quantitative estimate of drug-likeness (QED) is 0.228. The van der Waals surface area contributed by atoms with Gasteiger partial charge >= 0.3 is 6.18 Å². The highest BCUT2D eigenvalue weighted by atomic mass is 19.4. The van der Waals surface area contributed by atoms with E-state index in [1.54, 1.807) is 37.8 Å². The molecule has 2 heterocycles. The summed E-state index contributed by atoms with van der Waals surface area (Å²) < 4.78 is 42.1. The number of rotatable bonds is 8. The number of halogens is 3. The molecule has 232 valence electrons. The molecule has 3 N–H and O–H groups in total. The second-order valence-corrected chi connectivity index (χ2v) is 11.4. The van der Waals surface area contributed by atoms with E-state index in [1.807, 2.05) is 19.1 Å². The lowest BCUT2D eigenvalue weighted by Crippen LogP contribution is -2.39. The van der Waals surface area contributed by atoms with Crippen LogP contribution in [0.15, 0.2) is 42.6 Å². The Morgan fingerprint density at radius 1 is 1.02 bits per heavy atom. The van der Waals surface area contributed by atoms with Crippen molar-refractivity contribution in [2.75, 3.05) is 10.6 Å². The van der Waals surface area contributed by atoms with Crippen molar-refractivity contribution in [3.8, 4) is 11.3 Å². The van der Waals surface area contributed by atoms with Crippen LogP contribution in [-0.4, -0.2) is 43.6 Å². The summed E-state index contributed by atoms with van der Waals surface area (Å²) in [6, 6.07) is 9.91. The van der Waals surface area contributed by atoms with Gasteiger partial charge in [0, 0.05) is 49.3 Å². The number of carbonyl (C=O) groups excluding carboxylic acids is 2. The van der Waals surface area contributed by atoms with Gasteiger partial charge in [-0.1, -0.05) is 24.6 Å². The smallest absolute Gasteiger partial charge is 0.354 e. The minimum absolute atomic E-state index is 0.00101. The largest absolute Gasteiger partial charge is 0.416 e. The fourth-order valence-electron chi connectivity index (χ4n) is 5.86. The molecule has 0 unspecified atom stereocenters. The second kappa shape index (κ2) is 12.6. The number of amides is 2. The minimum atomic E-state index is -4.55. The second-order valence-electron chi connectivity index (χ2n) is 11.4. The zero-order valence-corrected chi connectivity index (χ0v) is 25.2. The predicted octanol–water partition coefficient (Wildman–Crippen LogP) is 5.96. The van der Waals surface area contributed by atoms with E-state index in [2.05, 4.69) is 26.0 Å². The molecule has 9 nitrogen and oxygen atoms in total. The molecule has 0 aliphatic heterocycles. The zero-order chi connectivity index (χ0) is 31.6. The van der Waals surface area contributed by atoms with Gasteiger partial charge in [-0.2, -0.15) is 18.3 Å². The normalized spacial score (nSPS) is 17.0. The Balaban J connectivity index is 1.31. The topological polar surface area (TPSA) is 114 Å². The molecule has 2 aromatic heterocycles. The van der Waals surface area contributed by atoms with Gasteiger partial charge in [0.05, 0.1) is 23.2 Å². The van der Waals surface area contributed by atoms with Gasteiger partial charge in [0.15, 0.2) is 5.82 Å². The van der Waals surface area contributed by atoms with Crippen LogP contribution in [0.1, 0.15) is 61.8 Å². The summed E-state index contributed by atoms with van der Waals surface area (Å²) in [4.78, 5) is 33.5. The van der Waals surface area contributed by atoms with Gasteiger partial charge in [-0.15, -0.1) is 0 Å². The highest BCUT2D eigenvalue weighted by molar-refractivity contribution is 5.93. The number of hydrogen-bond acceptors (Lipinski definition) is 6. The van der Waals surface area contributed by atoms with Gasteiger partial charge in [-0.05, 0) is 68.4 Å². The van der Waals surface area contributed by atoms with E-state index in [9.17, 15) is 22.8 Å². The van der Waals surface area contributed by atoms with E-state index < -0.39 is 24.1 Å². The summed E-state index contributed by atoms with van der Waals surface area (Å²) >= 11 is 0. The molecule has 1 fully saturated rings. The number of alkyl halides is 3. The summed E-state index contributed by atoms with van der Waals surface area (Å²) in [6.07, 6.45) is 1.17. The summed E-state index contributed by atoms with van der Waals surface area (Å²) in [7, 11) is 1.74. The number of nitrogens with one attached hydrogen (secondary N) is 3. The maximum Gasteiger partial charge on any atom is 0.416 e. The monoisotopic (exact) mass is 607 g/mol. The molecule has 12 heteroatoms. The molecule has 0 radical (unpaired) electrons. The van der Waals surface area contributed by atoms with Crippen LogP contribution in [0.25, 0.3) is 22.2 Å². The molecular weight excluding hydrogens is 571 g/mol. The molecule has 4 aromatic rings. The van der Waals surface area contributed by atoms with Gasteiger partial charge in [0.25, 0.3) is 0 Å². The molecule has 1 aliphatic carbocycles. The summed E-state index contributed by atoms with van der Waals surface area (Å²) in [5, 5.41) is 14.3. The number of aryl methyl sites for hydroxylation is 3. The first kappa shape index (κ1) is 31.0. The fraction of sp³-hybridized carbons (Fsp3) is 0.406. The lowest BCUT2D eigenvalue weighted by atomic mass is 9.91. The van der Waals surface area contributed by atoms with Crippen LogP contribution in [0.3, 0.4) is 0 Å². The van der Waals surface area contributed by atoms with Crippen LogP contribution in [0.5, 0.6) is 0 Å². The SMILES string of the molecule is CCc1cc(-c2cc(NC(=O)Cc3cc(C)ccc3C(F)(F)F)nn2C)cc2cnc(NC3CCC(NC(C)=O)CC3)nc12. The van der Waals surface area contributed by atoms with Gasteiger partial charge in [0.2, 0.25) is 17.8 Å². The van der Waals surface area contributed by atoms with Crippen molar-refractivity contribution in [2.24, 2.45) is 7.05 Å². The fourth-order valence-corrected chi connectivity index (χ4v) is 5.86. The van der Waals surface area contributed by atoms with E-state index in [1.165, 1.54) is 12.1 Å². The van der Waals surface area contributed by atoms with E-state index in [0.717, 1.165) is 65.9 Å². The van der Waals surface area contributed by atoms with Crippen molar-refractivity contribution in [1.82, 2.24) is 25.1 Å². The number of anilines is 2. The third-order valence-corrected chi connectivity index (χ3v) is 7.97. The van der Waals surface area contributed by atoms with Crippen LogP contribution >= 0.6 is 0 Å². The van der Waals surface area contributed by atoms with Gasteiger partial charge < -0.3 is 16.0 Å². The predicted molar refractivity (Wildman–Crippen MR) is 163 cm³/mol. The molecule has 0 spiro atoms. The first-order valence-corrected chi connectivity index (χ1v) is 14.7. The molecule has 44 heavy (non-hydrogen) atoms. The number of hydrogen-bond donors (Lipinski definition) is 3. The van der Waals surface area contributed by atoms with E-state index in [4.69, 9.17) is 4.98 Å². The number of carbonyl (C=O) groups is 2. The van der Waals surface area contributed by atoms with Crippen molar-refractivity contribution in [3.05, 3.63) is 64.8 Å². The van der Waals surface area contributed by atoms with Crippen molar-refractivity contribution >= 4 is 34.5 Å².